The minimum Gasteiger partial charge on any atom is -0.480 e. The van der Waals surface area contributed by atoms with E-state index in [-0.39, 0.29) is 6.54 Å². The Morgan fingerprint density at radius 1 is 1.35 bits per heavy atom. The standard InChI is InChI=1S/C13H13N5O2/c1-9-15-12(18(16-9)7-13(19)20)6-17-8-14-10-4-2-3-5-11(10)17/h2-5,8H,6-7H2,1H3,(H,19,20). The summed E-state index contributed by atoms with van der Waals surface area (Å²) in [4.78, 5) is 19.4. The van der Waals surface area contributed by atoms with E-state index in [9.17, 15) is 4.79 Å². The lowest BCUT2D eigenvalue weighted by atomic mass is 10.3. The molecule has 0 aliphatic rings. The molecule has 7 nitrogen and oxygen atoms in total. The Labute approximate surface area is 114 Å². The summed E-state index contributed by atoms with van der Waals surface area (Å²) >= 11 is 0. The van der Waals surface area contributed by atoms with Crippen molar-refractivity contribution < 1.29 is 9.90 Å². The molecule has 0 unspecified atom stereocenters. The van der Waals surface area contributed by atoms with Gasteiger partial charge in [0, 0.05) is 0 Å². The summed E-state index contributed by atoms with van der Waals surface area (Å²) in [6.07, 6.45) is 1.72. The number of aromatic nitrogens is 5. The molecule has 0 amide bonds. The highest BCUT2D eigenvalue weighted by molar-refractivity contribution is 5.75. The van der Waals surface area contributed by atoms with Crippen LogP contribution in [0.2, 0.25) is 0 Å². The van der Waals surface area contributed by atoms with Crippen molar-refractivity contribution in [2.75, 3.05) is 0 Å². The fourth-order valence-corrected chi connectivity index (χ4v) is 2.16. The first-order valence-electron chi connectivity index (χ1n) is 6.15. The van der Waals surface area contributed by atoms with Crippen molar-refractivity contribution in [3.05, 3.63) is 42.2 Å². The van der Waals surface area contributed by atoms with Crippen LogP contribution in [0, 0.1) is 6.92 Å². The third kappa shape index (κ3) is 2.25. The van der Waals surface area contributed by atoms with Crippen molar-refractivity contribution in [3.8, 4) is 0 Å². The SMILES string of the molecule is Cc1nc(Cn2cnc3ccccc32)n(CC(=O)O)n1. The number of rotatable bonds is 4. The summed E-state index contributed by atoms with van der Waals surface area (Å²) in [5.41, 5.74) is 1.88. The van der Waals surface area contributed by atoms with Crippen molar-refractivity contribution >= 4 is 17.0 Å². The van der Waals surface area contributed by atoms with Crippen molar-refractivity contribution in [2.24, 2.45) is 0 Å². The van der Waals surface area contributed by atoms with Crippen LogP contribution in [-0.2, 0) is 17.9 Å². The number of carboxylic acids is 1. The molecule has 0 spiro atoms. The molecular formula is C13H13N5O2. The molecule has 2 heterocycles. The molecule has 1 N–H and O–H groups in total. The Balaban J connectivity index is 1.96. The van der Waals surface area contributed by atoms with Crippen molar-refractivity contribution in [3.63, 3.8) is 0 Å². The van der Waals surface area contributed by atoms with Crippen LogP contribution in [0.4, 0.5) is 0 Å². The Kier molecular flexibility index (Phi) is 2.94. The molecule has 7 heteroatoms. The minimum atomic E-state index is -0.938. The average molecular weight is 271 g/mol. The normalized spacial score (nSPS) is 11.1. The second kappa shape index (κ2) is 4.76. The molecule has 1 aromatic carbocycles. The number of para-hydroxylation sites is 2. The molecule has 0 radical (unpaired) electrons. The van der Waals surface area contributed by atoms with Crippen LogP contribution in [0.25, 0.3) is 11.0 Å². The Morgan fingerprint density at radius 3 is 2.95 bits per heavy atom. The van der Waals surface area contributed by atoms with E-state index in [0.29, 0.717) is 18.2 Å². The quantitative estimate of drug-likeness (QED) is 0.767. The van der Waals surface area contributed by atoms with Gasteiger partial charge in [-0.1, -0.05) is 12.1 Å². The summed E-state index contributed by atoms with van der Waals surface area (Å²) < 4.78 is 3.34. The fraction of sp³-hybridized carbons (Fsp3) is 0.231. The van der Waals surface area contributed by atoms with E-state index in [4.69, 9.17) is 5.11 Å². The molecule has 0 atom stereocenters. The summed E-state index contributed by atoms with van der Waals surface area (Å²) in [5.74, 6) is 0.227. The smallest absolute Gasteiger partial charge is 0.325 e. The molecule has 0 saturated carbocycles. The van der Waals surface area contributed by atoms with E-state index in [1.54, 1.807) is 13.3 Å². The molecule has 2 aromatic heterocycles. The Morgan fingerprint density at radius 2 is 2.15 bits per heavy atom. The molecule has 3 aromatic rings. The van der Waals surface area contributed by atoms with Gasteiger partial charge in [0.25, 0.3) is 0 Å². The van der Waals surface area contributed by atoms with Gasteiger partial charge in [0.1, 0.15) is 18.2 Å². The predicted molar refractivity (Wildman–Crippen MR) is 71.2 cm³/mol. The van der Waals surface area contributed by atoms with E-state index < -0.39 is 5.97 Å². The maximum Gasteiger partial charge on any atom is 0.325 e. The lowest BCUT2D eigenvalue weighted by molar-refractivity contribution is -0.137. The highest BCUT2D eigenvalue weighted by Crippen LogP contribution is 2.13. The van der Waals surface area contributed by atoms with E-state index in [1.807, 2.05) is 28.8 Å². The summed E-state index contributed by atoms with van der Waals surface area (Å²) in [7, 11) is 0. The van der Waals surface area contributed by atoms with E-state index in [1.165, 1.54) is 4.68 Å². The van der Waals surface area contributed by atoms with Gasteiger partial charge in [0.2, 0.25) is 0 Å². The fourth-order valence-electron chi connectivity index (χ4n) is 2.16. The van der Waals surface area contributed by atoms with Crippen LogP contribution in [-0.4, -0.2) is 35.4 Å². The molecule has 0 aliphatic heterocycles. The van der Waals surface area contributed by atoms with Gasteiger partial charge in [-0.05, 0) is 19.1 Å². The largest absolute Gasteiger partial charge is 0.480 e. The van der Waals surface area contributed by atoms with Gasteiger partial charge in [-0.3, -0.25) is 4.79 Å². The number of imidazole rings is 1. The van der Waals surface area contributed by atoms with Crippen LogP contribution >= 0.6 is 0 Å². The third-order valence-corrected chi connectivity index (χ3v) is 2.98. The van der Waals surface area contributed by atoms with Gasteiger partial charge in [-0.25, -0.2) is 14.6 Å². The first-order valence-corrected chi connectivity index (χ1v) is 6.15. The number of aryl methyl sites for hydroxylation is 1. The van der Waals surface area contributed by atoms with Crippen LogP contribution in [0.3, 0.4) is 0 Å². The first kappa shape index (κ1) is 12.3. The highest BCUT2D eigenvalue weighted by Gasteiger charge is 2.12. The van der Waals surface area contributed by atoms with E-state index >= 15 is 0 Å². The highest BCUT2D eigenvalue weighted by atomic mass is 16.4. The number of hydrogen-bond donors (Lipinski definition) is 1. The van der Waals surface area contributed by atoms with Gasteiger partial charge in [0.05, 0.1) is 23.9 Å². The Hall–Kier alpha value is -2.70. The van der Waals surface area contributed by atoms with Crippen molar-refractivity contribution in [2.45, 2.75) is 20.0 Å². The predicted octanol–water partition coefficient (Wildman–Crippen LogP) is 1.07. The molecule has 102 valence electrons. The van der Waals surface area contributed by atoms with Gasteiger partial charge in [-0.2, -0.15) is 5.10 Å². The van der Waals surface area contributed by atoms with Gasteiger partial charge in [-0.15, -0.1) is 0 Å². The van der Waals surface area contributed by atoms with Gasteiger partial charge >= 0.3 is 5.97 Å². The molecule has 0 bridgehead atoms. The minimum absolute atomic E-state index is 0.192. The number of nitrogens with zero attached hydrogens (tertiary/aromatic N) is 5. The monoisotopic (exact) mass is 271 g/mol. The lowest BCUT2D eigenvalue weighted by Crippen LogP contribution is -2.15. The van der Waals surface area contributed by atoms with Crippen LogP contribution in [0.1, 0.15) is 11.6 Å². The topological polar surface area (TPSA) is 85.8 Å². The van der Waals surface area contributed by atoms with E-state index in [0.717, 1.165) is 11.0 Å². The molecule has 3 rings (SSSR count). The zero-order chi connectivity index (χ0) is 14.1. The molecule has 20 heavy (non-hydrogen) atoms. The molecule has 0 aliphatic carbocycles. The maximum atomic E-state index is 10.8. The zero-order valence-corrected chi connectivity index (χ0v) is 10.9. The van der Waals surface area contributed by atoms with Crippen LogP contribution in [0.5, 0.6) is 0 Å². The number of hydrogen-bond acceptors (Lipinski definition) is 4. The number of fused-ring (bicyclic) bond motifs is 1. The second-order valence-corrected chi connectivity index (χ2v) is 4.49. The first-order chi connectivity index (χ1) is 9.63. The average Bonchev–Trinajstić information content (AvgIpc) is 2.94. The maximum absolute atomic E-state index is 10.8. The zero-order valence-electron chi connectivity index (χ0n) is 10.9. The van der Waals surface area contributed by atoms with Gasteiger partial charge in [0.15, 0.2) is 0 Å². The molecular weight excluding hydrogens is 258 g/mol. The van der Waals surface area contributed by atoms with Crippen molar-refractivity contribution in [1.82, 2.24) is 24.3 Å². The van der Waals surface area contributed by atoms with Gasteiger partial charge < -0.3 is 9.67 Å². The summed E-state index contributed by atoms with van der Waals surface area (Å²) in [6.45, 7) is 1.99. The Bertz CT molecular complexity index is 774. The summed E-state index contributed by atoms with van der Waals surface area (Å²) in [5, 5.41) is 13.0. The van der Waals surface area contributed by atoms with Crippen LogP contribution in [0.15, 0.2) is 30.6 Å². The second-order valence-electron chi connectivity index (χ2n) is 4.49. The summed E-state index contributed by atoms with van der Waals surface area (Å²) in [6, 6.07) is 7.76. The molecule has 0 saturated heterocycles. The lowest BCUT2D eigenvalue weighted by Gasteiger charge is -2.05. The number of benzene rings is 1. The number of carboxylic acid groups (broad SMARTS) is 1. The van der Waals surface area contributed by atoms with Crippen LogP contribution < -0.4 is 0 Å². The number of carbonyl (C=O) groups is 1. The third-order valence-electron chi connectivity index (χ3n) is 2.98. The van der Waals surface area contributed by atoms with Crippen molar-refractivity contribution in [1.29, 1.82) is 0 Å². The van der Waals surface area contributed by atoms with E-state index in [2.05, 4.69) is 15.1 Å². The molecule has 0 fully saturated rings. The number of aliphatic carboxylic acids is 1.